The number of rotatable bonds is 6. The Hall–Kier alpha value is -0.420. The van der Waals surface area contributed by atoms with Crippen LogP contribution in [-0.4, -0.2) is 35.6 Å². The van der Waals surface area contributed by atoms with E-state index in [0.29, 0.717) is 6.42 Å². The van der Waals surface area contributed by atoms with Gasteiger partial charge in [-0.15, -0.1) is 0 Å². The van der Waals surface area contributed by atoms with Gasteiger partial charge in [-0.25, -0.2) is 0 Å². The maximum absolute atomic E-state index is 8.29. The van der Waals surface area contributed by atoms with Crippen LogP contribution in [-0.2, 0) is 0 Å². The smallest absolute Gasteiger partial charge is 0.140 e. The molecule has 4 N–H and O–H groups in total. The minimum Gasteiger partial charge on any atom is -0.409 e. The van der Waals surface area contributed by atoms with E-state index in [0.717, 1.165) is 12.3 Å². The van der Waals surface area contributed by atoms with Crippen LogP contribution in [0.15, 0.2) is 5.16 Å². The van der Waals surface area contributed by atoms with E-state index >= 15 is 0 Å². The Labute approximate surface area is 77.6 Å². The number of oxime groups is 1. The van der Waals surface area contributed by atoms with Crippen molar-refractivity contribution in [1.82, 2.24) is 5.32 Å². The van der Waals surface area contributed by atoms with Gasteiger partial charge in [-0.3, -0.25) is 0 Å². The van der Waals surface area contributed by atoms with Crippen LogP contribution < -0.4 is 11.1 Å². The molecule has 1 unspecified atom stereocenters. The molecule has 4 nitrogen and oxygen atoms in total. The maximum Gasteiger partial charge on any atom is 0.140 e. The average molecular weight is 191 g/mol. The molecule has 0 radical (unpaired) electrons. The summed E-state index contributed by atoms with van der Waals surface area (Å²) in [6.07, 6.45) is 2.65. The molecule has 0 aromatic carbocycles. The number of hydrogen-bond donors (Lipinski definition) is 3. The molecule has 0 saturated heterocycles. The Morgan fingerprint density at radius 2 is 2.42 bits per heavy atom. The Morgan fingerprint density at radius 3 is 2.92 bits per heavy atom. The fraction of sp³-hybridized carbons (Fsp3) is 0.857. The van der Waals surface area contributed by atoms with E-state index in [4.69, 9.17) is 10.9 Å². The Kier molecular flexibility index (Phi) is 6.99. The maximum atomic E-state index is 8.29. The summed E-state index contributed by atoms with van der Waals surface area (Å²) < 4.78 is 0. The van der Waals surface area contributed by atoms with Gasteiger partial charge in [-0.05, 0) is 13.2 Å². The normalized spacial score (nSPS) is 14.7. The number of nitrogens with one attached hydrogen (secondary N) is 1. The quantitative estimate of drug-likeness (QED) is 0.188. The summed E-state index contributed by atoms with van der Waals surface area (Å²) in [6.45, 7) is 2.97. The number of nitrogens with zero attached hydrogens (tertiary/aromatic N) is 1. The van der Waals surface area contributed by atoms with Crippen LogP contribution in [0.25, 0.3) is 0 Å². The summed E-state index contributed by atoms with van der Waals surface area (Å²) in [4.78, 5) is 0. The molecule has 0 fully saturated rings. The highest BCUT2D eigenvalue weighted by atomic mass is 32.2. The second kappa shape index (κ2) is 7.24. The lowest BCUT2D eigenvalue weighted by Crippen LogP contribution is -2.32. The summed E-state index contributed by atoms with van der Waals surface area (Å²) in [7, 11) is 0. The highest BCUT2D eigenvalue weighted by Crippen LogP contribution is 1.92. The van der Waals surface area contributed by atoms with Crippen molar-refractivity contribution in [2.45, 2.75) is 19.4 Å². The van der Waals surface area contributed by atoms with Crippen molar-refractivity contribution >= 4 is 17.6 Å². The molecular weight excluding hydrogens is 174 g/mol. The van der Waals surface area contributed by atoms with Crippen LogP contribution in [0.2, 0.25) is 0 Å². The van der Waals surface area contributed by atoms with E-state index < -0.39 is 0 Å². The summed E-state index contributed by atoms with van der Waals surface area (Å²) in [6, 6.07) is 0.271. The van der Waals surface area contributed by atoms with Crippen molar-refractivity contribution in [3.63, 3.8) is 0 Å². The van der Waals surface area contributed by atoms with Crippen LogP contribution >= 0.6 is 11.8 Å². The van der Waals surface area contributed by atoms with Gasteiger partial charge in [0.2, 0.25) is 0 Å². The summed E-state index contributed by atoms with van der Waals surface area (Å²) in [5, 5.41) is 14.4. The van der Waals surface area contributed by atoms with Gasteiger partial charge in [0, 0.05) is 24.8 Å². The van der Waals surface area contributed by atoms with Crippen LogP contribution in [0.1, 0.15) is 13.3 Å². The first-order valence-corrected chi connectivity index (χ1v) is 5.28. The Bertz CT molecular complexity index is 141. The predicted molar refractivity (Wildman–Crippen MR) is 53.9 cm³/mol. The first kappa shape index (κ1) is 11.6. The van der Waals surface area contributed by atoms with Crippen LogP contribution in [0.3, 0.4) is 0 Å². The van der Waals surface area contributed by atoms with Gasteiger partial charge in [-0.2, -0.15) is 11.8 Å². The first-order valence-electron chi connectivity index (χ1n) is 3.89. The van der Waals surface area contributed by atoms with Gasteiger partial charge >= 0.3 is 0 Å². The van der Waals surface area contributed by atoms with E-state index in [2.05, 4.69) is 16.7 Å². The second-order valence-corrected chi connectivity index (χ2v) is 3.63. The van der Waals surface area contributed by atoms with Crippen LogP contribution in [0, 0.1) is 0 Å². The van der Waals surface area contributed by atoms with Crippen molar-refractivity contribution in [1.29, 1.82) is 0 Å². The molecule has 0 bridgehead atoms. The lowest BCUT2D eigenvalue weighted by atomic mass is 10.2. The summed E-state index contributed by atoms with van der Waals surface area (Å²) in [5.74, 6) is 1.36. The second-order valence-electron chi connectivity index (χ2n) is 2.64. The molecule has 0 amide bonds. The van der Waals surface area contributed by atoms with E-state index in [1.165, 1.54) is 0 Å². The van der Waals surface area contributed by atoms with Crippen molar-refractivity contribution in [3.05, 3.63) is 0 Å². The molecule has 0 aromatic rings. The van der Waals surface area contributed by atoms with Gasteiger partial charge in [-0.1, -0.05) is 5.16 Å². The molecular formula is C7H17N3OS. The fourth-order valence-corrected chi connectivity index (χ4v) is 1.16. The molecule has 12 heavy (non-hydrogen) atoms. The topological polar surface area (TPSA) is 70.6 Å². The Morgan fingerprint density at radius 1 is 1.75 bits per heavy atom. The molecule has 0 aliphatic rings. The third-order valence-electron chi connectivity index (χ3n) is 1.44. The van der Waals surface area contributed by atoms with Crippen molar-refractivity contribution < 1.29 is 5.21 Å². The average Bonchev–Trinajstić information content (AvgIpc) is 2.05. The number of hydrogen-bond acceptors (Lipinski definition) is 4. The van der Waals surface area contributed by atoms with Gasteiger partial charge < -0.3 is 16.3 Å². The highest BCUT2D eigenvalue weighted by Gasteiger charge is 2.02. The summed E-state index contributed by atoms with van der Waals surface area (Å²) >= 11 is 1.79. The van der Waals surface area contributed by atoms with Gasteiger partial charge in [0.25, 0.3) is 0 Å². The van der Waals surface area contributed by atoms with Gasteiger partial charge in [0.15, 0.2) is 0 Å². The zero-order chi connectivity index (χ0) is 9.40. The van der Waals surface area contributed by atoms with E-state index in [1.54, 1.807) is 11.8 Å². The number of nitrogens with two attached hydrogens (primary N) is 1. The van der Waals surface area contributed by atoms with E-state index in [9.17, 15) is 0 Å². The largest absolute Gasteiger partial charge is 0.409 e. The predicted octanol–water partition coefficient (Wildman–Crippen LogP) is 0.464. The molecule has 0 aromatic heterocycles. The van der Waals surface area contributed by atoms with Crippen molar-refractivity contribution in [3.8, 4) is 0 Å². The number of amidine groups is 1. The minimum atomic E-state index is 0.271. The van der Waals surface area contributed by atoms with Crippen LogP contribution in [0.4, 0.5) is 0 Å². The third-order valence-corrected chi connectivity index (χ3v) is 2.06. The van der Waals surface area contributed by atoms with Gasteiger partial charge in [0.1, 0.15) is 5.84 Å². The Balaban J connectivity index is 3.39. The van der Waals surface area contributed by atoms with Crippen molar-refractivity contribution in [2.24, 2.45) is 10.9 Å². The SMILES string of the molecule is CSCCNC(C)CC(N)=NO. The molecule has 0 heterocycles. The lowest BCUT2D eigenvalue weighted by Gasteiger charge is -2.11. The lowest BCUT2D eigenvalue weighted by molar-refractivity contribution is 0.316. The van der Waals surface area contributed by atoms with Crippen LogP contribution in [0.5, 0.6) is 0 Å². The monoisotopic (exact) mass is 191 g/mol. The first-order chi connectivity index (χ1) is 5.70. The minimum absolute atomic E-state index is 0.271. The third kappa shape index (κ3) is 6.30. The molecule has 0 aliphatic heterocycles. The zero-order valence-corrected chi connectivity index (χ0v) is 8.40. The molecule has 0 rings (SSSR count). The standard InChI is InChI=1S/C7H17N3OS/c1-6(5-7(8)10-11)9-3-4-12-2/h6,9,11H,3-5H2,1-2H3,(H2,8,10). The highest BCUT2D eigenvalue weighted by molar-refractivity contribution is 7.98. The molecule has 0 aliphatic carbocycles. The molecule has 72 valence electrons. The molecule has 0 saturated carbocycles. The molecule has 5 heteroatoms. The zero-order valence-electron chi connectivity index (χ0n) is 7.58. The molecule has 1 atom stereocenters. The summed E-state index contributed by atoms with van der Waals surface area (Å²) in [5.41, 5.74) is 5.33. The fourth-order valence-electron chi connectivity index (χ4n) is 0.834. The molecule has 0 spiro atoms. The van der Waals surface area contributed by atoms with E-state index in [-0.39, 0.29) is 11.9 Å². The number of thioether (sulfide) groups is 1. The van der Waals surface area contributed by atoms with Crippen molar-refractivity contribution in [2.75, 3.05) is 18.6 Å². The van der Waals surface area contributed by atoms with E-state index in [1.807, 2.05) is 6.92 Å². The van der Waals surface area contributed by atoms with Gasteiger partial charge in [0.05, 0.1) is 0 Å².